The predicted molar refractivity (Wildman–Crippen MR) is 50.2 cm³/mol. The Balaban J connectivity index is 0.000000845. The maximum absolute atomic E-state index is 10.7. The Bertz CT molecular complexity index is 444. The molecule has 4 N–H and O–H groups in total. The Kier molecular flexibility index (Phi) is 2.38. The van der Waals surface area contributed by atoms with Crippen LogP contribution in [0.25, 0.3) is 0 Å². The molecule has 0 saturated heterocycles. The fourth-order valence-corrected chi connectivity index (χ4v) is 2.36. The van der Waals surface area contributed by atoms with Crippen LogP contribution < -0.4 is 6.15 Å². The lowest BCUT2D eigenvalue weighted by Gasteiger charge is -1.98. The predicted octanol–water partition coefficient (Wildman–Crippen LogP) is 1.76. The second-order valence-electron chi connectivity index (χ2n) is 2.70. The third-order valence-corrected chi connectivity index (χ3v) is 3.18. The van der Waals surface area contributed by atoms with E-state index in [9.17, 15) is 8.42 Å². The fourth-order valence-electron chi connectivity index (χ4n) is 1.36. The summed E-state index contributed by atoms with van der Waals surface area (Å²) < 4.78 is 30.1. The van der Waals surface area contributed by atoms with Gasteiger partial charge in [0.1, 0.15) is 0 Å². The van der Waals surface area contributed by atoms with Crippen LogP contribution in [-0.2, 0) is 10.1 Å². The summed E-state index contributed by atoms with van der Waals surface area (Å²) in [7, 11) is -4.06. The van der Waals surface area contributed by atoms with Gasteiger partial charge >= 0.3 is 0 Å². The molecule has 0 radical (unpaired) electrons. The number of fused-ring (bicyclic) bond motifs is 2. The van der Waals surface area contributed by atoms with Crippen LogP contribution in [0.3, 0.4) is 0 Å². The van der Waals surface area contributed by atoms with Crippen LogP contribution in [-0.4, -0.2) is 13.0 Å². The molecule has 0 unspecified atom stereocenters. The van der Waals surface area contributed by atoms with E-state index in [2.05, 4.69) is 0 Å². The van der Waals surface area contributed by atoms with Gasteiger partial charge < -0.3 is 6.15 Å². The number of hydrogen-bond donors (Lipinski definition) is 2. The van der Waals surface area contributed by atoms with Gasteiger partial charge in [-0.15, -0.1) is 0 Å². The Morgan fingerprint density at radius 3 is 2.31 bits per heavy atom. The number of halogens is 1. The first-order valence-corrected chi connectivity index (χ1v) is 5.09. The van der Waals surface area contributed by atoms with Crippen molar-refractivity contribution in [1.82, 2.24) is 6.15 Å². The van der Waals surface area contributed by atoms with Crippen molar-refractivity contribution in [3.8, 4) is 0 Å². The molecule has 0 fully saturated rings. The Morgan fingerprint density at radius 1 is 1.38 bits per heavy atom. The van der Waals surface area contributed by atoms with Crippen molar-refractivity contribution in [2.45, 2.75) is 6.42 Å². The lowest BCUT2D eigenvalue weighted by Crippen LogP contribution is -2.00. The van der Waals surface area contributed by atoms with Gasteiger partial charge in [0, 0.05) is 11.5 Å². The van der Waals surface area contributed by atoms with E-state index in [-0.39, 0.29) is 11.1 Å². The van der Waals surface area contributed by atoms with Gasteiger partial charge in [-0.3, -0.25) is 4.55 Å². The zero-order valence-corrected chi connectivity index (χ0v) is 8.19. The van der Waals surface area contributed by atoms with E-state index in [1.807, 2.05) is 0 Å². The first-order chi connectivity index (χ1) is 5.48. The summed E-state index contributed by atoms with van der Waals surface area (Å²) in [6.45, 7) is 0. The van der Waals surface area contributed by atoms with Gasteiger partial charge in [0.15, 0.2) is 0 Å². The largest absolute Gasteiger partial charge is 0.344 e. The maximum atomic E-state index is 10.7. The lowest BCUT2D eigenvalue weighted by molar-refractivity contribution is 0.492. The van der Waals surface area contributed by atoms with Crippen LogP contribution in [0.2, 0.25) is 0 Å². The molecule has 0 spiro atoms. The van der Waals surface area contributed by atoms with Crippen molar-refractivity contribution in [3.05, 3.63) is 33.2 Å². The number of hydrogen-bond acceptors (Lipinski definition) is 3. The maximum Gasteiger partial charge on any atom is 0.294 e. The monoisotopic (exact) mass is 221 g/mol. The molecule has 2 aliphatic carbocycles. The molecule has 13 heavy (non-hydrogen) atoms. The molecule has 2 rings (SSSR count). The Hall–Kier alpha value is -0.620. The summed E-state index contributed by atoms with van der Waals surface area (Å²) in [5.41, 5.74) is 1.34. The average Bonchev–Trinajstić information content (AvgIpc) is 2.41. The molecule has 0 aromatic heterocycles. The molecule has 0 atom stereocenters. The molecule has 0 amide bonds. The standard InChI is InChI=1S/C7H5ClO3S.H3N/c8-6-2-5-1-4(6)3-7(5)12(9,10)11;/h2-3H,1H2,(H,9,10,11);1H3. The third kappa shape index (κ3) is 1.55. The minimum Gasteiger partial charge on any atom is -0.344 e. The van der Waals surface area contributed by atoms with Crippen LogP contribution in [0.5, 0.6) is 0 Å². The summed E-state index contributed by atoms with van der Waals surface area (Å²) in [4.78, 5) is -0.0121. The highest BCUT2D eigenvalue weighted by molar-refractivity contribution is 7.90. The van der Waals surface area contributed by atoms with Crippen LogP contribution in [0, 0.1) is 0 Å². The molecule has 0 aromatic carbocycles. The lowest BCUT2D eigenvalue weighted by atomic mass is 10.3. The van der Waals surface area contributed by atoms with Crippen LogP contribution in [0.1, 0.15) is 6.42 Å². The highest BCUT2D eigenvalue weighted by atomic mass is 35.5. The smallest absolute Gasteiger partial charge is 0.294 e. The van der Waals surface area contributed by atoms with Gasteiger partial charge in [-0.25, -0.2) is 0 Å². The first-order valence-electron chi connectivity index (χ1n) is 3.27. The molecule has 72 valence electrons. The van der Waals surface area contributed by atoms with E-state index in [1.165, 1.54) is 6.08 Å². The van der Waals surface area contributed by atoms with Crippen molar-refractivity contribution in [2.75, 3.05) is 0 Å². The summed E-state index contributed by atoms with van der Waals surface area (Å²) in [6.07, 6.45) is 3.50. The van der Waals surface area contributed by atoms with Crippen LogP contribution in [0.4, 0.5) is 0 Å². The topological polar surface area (TPSA) is 89.4 Å². The quantitative estimate of drug-likeness (QED) is 0.661. The summed E-state index contributed by atoms with van der Waals surface area (Å²) >= 11 is 5.71. The summed E-state index contributed by atoms with van der Waals surface area (Å²) in [6, 6.07) is 0. The zero-order chi connectivity index (χ0) is 8.93. The third-order valence-electron chi connectivity index (χ3n) is 1.89. The molecule has 2 bridgehead atoms. The van der Waals surface area contributed by atoms with Crippen molar-refractivity contribution in [2.24, 2.45) is 0 Å². The van der Waals surface area contributed by atoms with Crippen LogP contribution >= 0.6 is 11.6 Å². The van der Waals surface area contributed by atoms with Crippen molar-refractivity contribution >= 4 is 21.7 Å². The molecule has 0 saturated carbocycles. The van der Waals surface area contributed by atoms with E-state index in [4.69, 9.17) is 16.2 Å². The number of allylic oxidation sites excluding steroid dienone is 5. The highest BCUT2D eigenvalue weighted by Crippen LogP contribution is 2.41. The van der Waals surface area contributed by atoms with E-state index >= 15 is 0 Å². The van der Waals surface area contributed by atoms with Crippen molar-refractivity contribution in [3.63, 3.8) is 0 Å². The molecule has 0 aliphatic heterocycles. The Labute approximate surface area is 80.9 Å². The summed E-state index contributed by atoms with van der Waals surface area (Å²) in [5.74, 6) is 0. The Morgan fingerprint density at radius 2 is 2.00 bits per heavy atom. The second-order valence-corrected chi connectivity index (χ2v) is 4.50. The van der Waals surface area contributed by atoms with E-state index in [0.29, 0.717) is 17.0 Å². The SMILES string of the molecule is N.O=S(=O)(O)C1=C2C=C(Cl)C(=C1)C2. The molecule has 2 aliphatic rings. The normalized spacial score (nSPS) is 19.8. The molecule has 0 heterocycles. The molecular formula is C7H8ClNO3S. The van der Waals surface area contributed by atoms with Crippen molar-refractivity contribution < 1.29 is 13.0 Å². The molecule has 0 aromatic rings. The van der Waals surface area contributed by atoms with E-state index in [1.54, 1.807) is 6.08 Å². The average molecular weight is 222 g/mol. The van der Waals surface area contributed by atoms with E-state index < -0.39 is 10.1 Å². The van der Waals surface area contributed by atoms with E-state index in [0.717, 1.165) is 5.57 Å². The molecule has 4 nitrogen and oxygen atoms in total. The minimum absolute atomic E-state index is 0. The summed E-state index contributed by atoms with van der Waals surface area (Å²) in [5, 5.41) is 0.567. The van der Waals surface area contributed by atoms with Gasteiger partial charge in [-0.05, 0) is 23.3 Å². The molecular weight excluding hydrogens is 214 g/mol. The zero-order valence-electron chi connectivity index (χ0n) is 6.62. The van der Waals surface area contributed by atoms with Crippen LogP contribution in [0.15, 0.2) is 33.2 Å². The van der Waals surface area contributed by atoms with Crippen molar-refractivity contribution in [1.29, 1.82) is 0 Å². The fraction of sp³-hybridized carbons (Fsp3) is 0.143. The van der Waals surface area contributed by atoms with Gasteiger partial charge in [-0.1, -0.05) is 11.6 Å². The number of rotatable bonds is 1. The van der Waals surface area contributed by atoms with Gasteiger partial charge in [-0.2, -0.15) is 8.42 Å². The van der Waals surface area contributed by atoms with Gasteiger partial charge in [0.25, 0.3) is 10.1 Å². The second kappa shape index (κ2) is 2.95. The van der Waals surface area contributed by atoms with Gasteiger partial charge in [0.05, 0.1) is 4.91 Å². The van der Waals surface area contributed by atoms with Gasteiger partial charge in [0.2, 0.25) is 0 Å². The minimum atomic E-state index is -4.06. The molecule has 6 heteroatoms. The first kappa shape index (κ1) is 10.5. The highest BCUT2D eigenvalue weighted by Gasteiger charge is 2.29.